The quantitative estimate of drug-likeness (QED) is 0.823. The highest BCUT2D eigenvalue weighted by atomic mass is 16.5. The Hall–Kier alpha value is -1.03. The molecule has 1 saturated carbocycles. The van der Waals surface area contributed by atoms with Crippen molar-refractivity contribution in [2.75, 3.05) is 7.11 Å². The normalized spacial score (nSPS) is 18.6. The van der Waals surface area contributed by atoms with E-state index in [2.05, 4.69) is 5.10 Å². The lowest BCUT2D eigenvalue weighted by atomic mass is 9.80. The van der Waals surface area contributed by atoms with Crippen LogP contribution in [0.1, 0.15) is 38.0 Å². The standard InChI is InChI=1S/C11H18N2O2/c1-3-13-10(9(15-2)7-12-13)11(14)8-5-4-6-8/h7-8,11,14H,3-6H2,1-2H3. The molecule has 0 bridgehead atoms. The van der Waals surface area contributed by atoms with Gasteiger partial charge in [-0.15, -0.1) is 0 Å². The lowest BCUT2D eigenvalue weighted by Crippen LogP contribution is -2.23. The Kier molecular flexibility index (Phi) is 2.95. The molecule has 0 radical (unpaired) electrons. The molecule has 1 atom stereocenters. The Balaban J connectivity index is 2.26. The van der Waals surface area contributed by atoms with E-state index in [1.807, 2.05) is 11.6 Å². The number of rotatable bonds is 4. The lowest BCUT2D eigenvalue weighted by molar-refractivity contribution is 0.0528. The van der Waals surface area contributed by atoms with Gasteiger partial charge in [0.15, 0.2) is 5.75 Å². The molecule has 0 amide bonds. The summed E-state index contributed by atoms with van der Waals surface area (Å²) in [4.78, 5) is 0. The van der Waals surface area contributed by atoms with Gasteiger partial charge in [-0.05, 0) is 25.7 Å². The third kappa shape index (κ3) is 1.74. The second-order valence-corrected chi connectivity index (χ2v) is 4.05. The average molecular weight is 210 g/mol. The summed E-state index contributed by atoms with van der Waals surface area (Å²) in [6.45, 7) is 2.78. The number of aliphatic hydroxyl groups excluding tert-OH is 1. The predicted octanol–water partition coefficient (Wildman–Crippen LogP) is 1.75. The van der Waals surface area contributed by atoms with Crippen molar-refractivity contribution in [1.82, 2.24) is 9.78 Å². The summed E-state index contributed by atoms with van der Waals surface area (Å²) in [7, 11) is 1.62. The monoisotopic (exact) mass is 210 g/mol. The number of methoxy groups -OCH3 is 1. The van der Waals surface area contributed by atoms with E-state index in [0.29, 0.717) is 11.7 Å². The van der Waals surface area contributed by atoms with Crippen LogP contribution in [0.5, 0.6) is 5.75 Å². The van der Waals surface area contributed by atoms with E-state index in [0.717, 1.165) is 25.1 Å². The first-order valence-corrected chi connectivity index (χ1v) is 5.55. The van der Waals surface area contributed by atoms with Crippen LogP contribution in [0.25, 0.3) is 0 Å². The molecular weight excluding hydrogens is 192 g/mol. The summed E-state index contributed by atoms with van der Waals surface area (Å²) >= 11 is 0. The largest absolute Gasteiger partial charge is 0.493 e. The Morgan fingerprint density at radius 1 is 1.67 bits per heavy atom. The van der Waals surface area contributed by atoms with Gasteiger partial charge in [0, 0.05) is 6.54 Å². The highest BCUT2D eigenvalue weighted by Gasteiger charge is 2.31. The first-order chi connectivity index (χ1) is 7.27. The number of hydrogen-bond donors (Lipinski definition) is 1. The molecule has 0 aromatic carbocycles. The SMILES string of the molecule is CCn1ncc(OC)c1C(O)C1CCC1. The van der Waals surface area contributed by atoms with Crippen molar-refractivity contribution in [2.24, 2.45) is 5.92 Å². The van der Waals surface area contributed by atoms with Gasteiger partial charge in [0.25, 0.3) is 0 Å². The highest BCUT2D eigenvalue weighted by Crippen LogP contribution is 2.40. The van der Waals surface area contributed by atoms with Gasteiger partial charge >= 0.3 is 0 Å². The third-order valence-corrected chi connectivity index (χ3v) is 3.24. The van der Waals surface area contributed by atoms with E-state index >= 15 is 0 Å². The summed E-state index contributed by atoms with van der Waals surface area (Å²) in [5.74, 6) is 1.09. The fourth-order valence-corrected chi connectivity index (χ4v) is 2.06. The van der Waals surface area contributed by atoms with Crippen LogP contribution in [-0.4, -0.2) is 22.0 Å². The molecule has 4 nitrogen and oxygen atoms in total. The van der Waals surface area contributed by atoms with Gasteiger partial charge in [0.2, 0.25) is 0 Å². The van der Waals surface area contributed by atoms with Gasteiger partial charge in [-0.3, -0.25) is 4.68 Å². The molecule has 0 saturated heterocycles. The van der Waals surface area contributed by atoms with Crippen molar-refractivity contribution in [3.63, 3.8) is 0 Å². The third-order valence-electron chi connectivity index (χ3n) is 3.24. The highest BCUT2D eigenvalue weighted by molar-refractivity contribution is 5.28. The summed E-state index contributed by atoms with van der Waals surface area (Å²) in [5.41, 5.74) is 0.838. The van der Waals surface area contributed by atoms with Crippen molar-refractivity contribution in [1.29, 1.82) is 0 Å². The number of aliphatic hydroxyl groups is 1. The minimum atomic E-state index is -0.420. The van der Waals surface area contributed by atoms with E-state index in [4.69, 9.17) is 4.74 Å². The maximum Gasteiger partial charge on any atom is 0.162 e. The van der Waals surface area contributed by atoms with Gasteiger partial charge in [-0.1, -0.05) is 6.42 Å². The number of ether oxygens (including phenoxy) is 1. The van der Waals surface area contributed by atoms with Crippen molar-refractivity contribution in [2.45, 2.75) is 38.8 Å². The van der Waals surface area contributed by atoms with Crippen molar-refractivity contribution < 1.29 is 9.84 Å². The Labute approximate surface area is 89.9 Å². The number of nitrogens with zero attached hydrogens (tertiary/aromatic N) is 2. The minimum absolute atomic E-state index is 0.390. The zero-order valence-corrected chi connectivity index (χ0v) is 9.31. The van der Waals surface area contributed by atoms with E-state index in [1.54, 1.807) is 13.3 Å². The van der Waals surface area contributed by atoms with E-state index in [9.17, 15) is 5.11 Å². The Morgan fingerprint density at radius 3 is 2.87 bits per heavy atom. The maximum atomic E-state index is 10.2. The van der Waals surface area contributed by atoms with Gasteiger partial charge in [-0.2, -0.15) is 5.10 Å². The zero-order chi connectivity index (χ0) is 10.8. The van der Waals surface area contributed by atoms with Gasteiger partial charge in [-0.25, -0.2) is 0 Å². The van der Waals surface area contributed by atoms with Crippen LogP contribution in [0.15, 0.2) is 6.20 Å². The van der Waals surface area contributed by atoms with Crippen LogP contribution in [0.2, 0.25) is 0 Å². The van der Waals surface area contributed by atoms with Gasteiger partial charge < -0.3 is 9.84 Å². The number of aryl methyl sites for hydroxylation is 1. The first-order valence-electron chi connectivity index (χ1n) is 5.55. The molecule has 1 N–H and O–H groups in total. The lowest BCUT2D eigenvalue weighted by Gasteiger charge is -2.30. The van der Waals surface area contributed by atoms with Crippen LogP contribution < -0.4 is 4.74 Å². The van der Waals surface area contributed by atoms with Crippen LogP contribution in [0.4, 0.5) is 0 Å². The molecule has 15 heavy (non-hydrogen) atoms. The molecule has 0 aliphatic heterocycles. The van der Waals surface area contributed by atoms with E-state index in [-0.39, 0.29) is 0 Å². The summed E-state index contributed by atoms with van der Waals surface area (Å²) in [6.07, 6.45) is 4.71. The van der Waals surface area contributed by atoms with Crippen molar-refractivity contribution in [3.05, 3.63) is 11.9 Å². The fraction of sp³-hybridized carbons (Fsp3) is 0.727. The van der Waals surface area contributed by atoms with Gasteiger partial charge in [0.05, 0.1) is 13.3 Å². The smallest absolute Gasteiger partial charge is 0.162 e. The molecule has 1 fully saturated rings. The van der Waals surface area contributed by atoms with Crippen molar-refractivity contribution >= 4 is 0 Å². The minimum Gasteiger partial charge on any atom is -0.493 e. The van der Waals surface area contributed by atoms with Crippen LogP contribution in [0, 0.1) is 5.92 Å². The van der Waals surface area contributed by atoms with Gasteiger partial charge in [0.1, 0.15) is 11.8 Å². The summed E-state index contributed by atoms with van der Waals surface area (Å²) in [6, 6.07) is 0. The fourth-order valence-electron chi connectivity index (χ4n) is 2.06. The molecule has 1 aromatic heterocycles. The van der Waals surface area contributed by atoms with E-state index < -0.39 is 6.10 Å². The Morgan fingerprint density at radius 2 is 2.40 bits per heavy atom. The van der Waals surface area contributed by atoms with Crippen LogP contribution >= 0.6 is 0 Å². The topological polar surface area (TPSA) is 47.3 Å². The van der Waals surface area contributed by atoms with Crippen LogP contribution in [0.3, 0.4) is 0 Å². The molecule has 0 spiro atoms. The summed E-state index contributed by atoms with van der Waals surface area (Å²) in [5, 5.41) is 14.4. The molecule has 1 unspecified atom stereocenters. The van der Waals surface area contributed by atoms with Crippen molar-refractivity contribution in [3.8, 4) is 5.75 Å². The second kappa shape index (κ2) is 4.23. The Bertz CT molecular complexity index is 310. The molecule has 1 aliphatic rings. The predicted molar refractivity (Wildman–Crippen MR) is 56.8 cm³/mol. The molecular formula is C11H18N2O2. The number of aromatic nitrogens is 2. The maximum absolute atomic E-state index is 10.2. The number of hydrogen-bond acceptors (Lipinski definition) is 3. The van der Waals surface area contributed by atoms with E-state index in [1.165, 1.54) is 6.42 Å². The first kappa shape index (κ1) is 10.5. The molecule has 1 aliphatic carbocycles. The molecule has 4 heteroatoms. The molecule has 2 rings (SSSR count). The average Bonchev–Trinajstić information content (AvgIpc) is 2.57. The summed E-state index contributed by atoms with van der Waals surface area (Å²) < 4.78 is 7.05. The molecule has 1 aromatic rings. The zero-order valence-electron chi connectivity index (χ0n) is 9.31. The molecule has 84 valence electrons. The second-order valence-electron chi connectivity index (χ2n) is 4.05. The van der Waals surface area contributed by atoms with Crippen LogP contribution in [-0.2, 0) is 6.54 Å². The molecule has 1 heterocycles.